The Labute approximate surface area is 110 Å². The summed E-state index contributed by atoms with van der Waals surface area (Å²) in [6, 6.07) is 3.56. The molecule has 2 aromatic heterocycles. The van der Waals surface area contributed by atoms with Crippen molar-refractivity contribution in [2.45, 2.75) is 13.5 Å². The number of nitrogens with zero attached hydrogens (tertiary/aromatic N) is 2. The van der Waals surface area contributed by atoms with E-state index in [1.807, 2.05) is 13.0 Å². The molecule has 0 radical (unpaired) electrons. The van der Waals surface area contributed by atoms with E-state index in [0.29, 0.717) is 4.88 Å². The van der Waals surface area contributed by atoms with Crippen LogP contribution in [0.4, 0.5) is 0 Å². The van der Waals surface area contributed by atoms with Gasteiger partial charge in [-0.15, -0.1) is 11.3 Å². The van der Waals surface area contributed by atoms with E-state index in [4.69, 9.17) is 0 Å². The predicted octanol–water partition coefficient (Wildman–Crippen LogP) is 2.26. The number of carbonyl (C=O) groups excluding carboxylic acids is 1. The topological polar surface area (TPSA) is 52.0 Å². The number of rotatable bonds is 3. The molecule has 0 amide bonds. The fourth-order valence-electron chi connectivity index (χ4n) is 1.38. The van der Waals surface area contributed by atoms with Crippen LogP contribution in [0.3, 0.4) is 0 Å². The highest BCUT2D eigenvalue weighted by molar-refractivity contribution is 9.11. The summed E-state index contributed by atoms with van der Waals surface area (Å²) >= 11 is 4.65. The van der Waals surface area contributed by atoms with Crippen molar-refractivity contribution in [3.63, 3.8) is 0 Å². The zero-order valence-electron chi connectivity index (χ0n) is 9.01. The van der Waals surface area contributed by atoms with Crippen molar-refractivity contribution >= 4 is 33.0 Å². The molecule has 2 rings (SSSR count). The molecular weight excluding hydrogens is 304 g/mol. The monoisotopic (exact) mass is 312 g/mol. The summed E-state index contributed by atoms with van der Waals surface area (Å²) in [5.74, 6) is -0.0878. The van der Waals surface area contributed by atoms with Crippen molar-refractivity contribution in [1.29, 1.82) is 0 Å². The normalized spacial score (nSPS) is 10.5. The standard InChI is InChI=1S/C11H9BrN2O2S/c1-7-4-13-11(16)14(5-7)6-8(15)9-2-3-10(12)17-9/h2-5H,6H2,1H3. The number of halogens is 1. The van der Waals surface area contributed by atoms with E-state index < -0.39 is 5.69 Å². The number of thiophene rings is 1. The van der Waals surface area contributed by atoms with Crippen LogP contribution in [0.5, 0.6) is 0 Å². The van der Waals surface area contributed by atoms with Crippen molar-refractivity contribution in [2.75, 3.05) is 0 Å². The number of hydrogen-bond donors (Lipinski definition) is 0. The highest BCUT2D eigenvalue weighted by Gasteiger charge is 2.10. The van der Waals surface area contributed by atoms with Crippen LogP contribution in [-0.4, -0.2) is 15.3 Å². The number of hydrogen-bond acceptors (Lipinski definition) is 4. The molecule has 0 aliphatic rings. The number of carbonyl (C=O) groups is 1. The Morgan fingerprint density at radius 3 is 2.94 bits per heavy atom. The number of aryl methyl sites for hydroxylation is 1. The van der Waals surface area contributed by atoms with Gasteiger partial charge in [0, 0.05) is 12.4 Å². The van der Waals surface area contributed by atoms with Crippen LogP contribution in [-0.2, 0) is 6.54 Å². The molecule has 0 unspecified atom stereocenters. The second kappa shape index (κ2) is 4.93. The first-order chi connectivity index (χ1) is 8.06. The molecule has 0 saturated heterocycles. The van der Waals surface area contributed by atoms with Crippen molar-refractivity contribution in [2.24, 2.45) is 0 Å². The lowest BCUT2D eigenvalue weighted by molar-refractivity contribution is 0.0974. The number of Topliss-reactive ketones (excluding diaryl/α,β-unsaturated/α-hetero) is 1. The summed E-state index contributed by atoms with van der Waals surface area (Å²) in [6.07, 6.45) is 3.13. The molecule has 0 fully saturated rings. The maximum Gasteiger partial charge on any atom is 0.347 e. The second-order valence-electron chi connectivity index (χ2n) is 3.57. The largest absolute Gasteiger partial charge is 0.347 e. The Kier molecular flexibility index (Phi) is 3.54. The first kappa shape index (κ1) is 12.2. The lowest BCUT2D eigenvalue weighted by atomic mass is 10.3. The molecule has 0 N–H and O–H groups in total. The van der Waals surface area contributed by atoms with Gasteiger partial charge in [-0.1, -0.05) is 0 Å². The van der Waals surface area contributed by atoms with E-state index in [2.05, 4.69) is 20.9 Å². The van der Waals surface area contributed by atoms with Gasteiger partial charge in [-0.25, -0.2) is 9.78 Å². The van der Waals surface area contributed by atoms with Gasteiger partial charge >= 0.3 is 5.69 Å². The van der Waals surface area contributed by atoms with E-state index in [1.54, 1.807) is 12.3 Å². The van der Waals surface area contributed by atoms with Gasteiger partial charge in [-0.05, 0) is 40.5 Å². The summed E-state index contributed by atoms with van der Waals surface area (Å²) in [7, 11) is 0. The minimum atomic E-state index is -0.403. The molecule has 6 heteroatoms. The maximum atomic E-state index is 11.9. The summed E-state index contributed by atoms with van der Waals surface area (Å²) in [5.41, 5.74) is 0.448. The van der Waals surface area contributed by atoms with Crippen LogP contribution in [0, 0.1) is 6.92 Å². The SMILES string of the molecule is Cc1cnc(=O)n(CC(=O)c2ccc(Br)s2)c1. The van der Waals surface area contributed by atoms with Crippen LogP contribution in [0.1, 0.15) is 15.2 Å². The first-order valence-corrected chi connectivity index (χ1v) is 6.49. The lowest BCUT2D eigenvalue weighted by Gasteiger charge is -2.03. The van der Waals surface area contributed by atoms with Crippen molar-refractivity contribution in [1.82, 2.24) is 9.55 Å². The van der Waals surface area contributed by atoms with Crippen LogP contribution >= 0.6 is 27.3 Å². The minimum Gasteiger partial charge on any atom is -0.291 e. The van der Waals surface area contributed by atoms with Crippen molar-refractivity contribution in [3.8, 4) is 0 Å². The zero-order chi connectivity index (χ0) is 12.4. The van der Waals surface area contributed by atoms with Gasteiger partial charge in [-0.2, -0.15) is 0 Å². The molecular formula is C11H9BrN2O2S. The minimum absolute atomic E-state index is 0.0282. The van der Waals surface area contributed by atoms with Crippen LogP contribution in [0.2, 0.25) is 0 Å². The fourth-order valence-corrected chi connectivity index (χ4v) is 2.69. The molecule has 2 aromatic rings. The van der Waals surface area contributed by atoms with Crippen molar-refractivity contribution in [3.05, 3.63) is 49.2 Å². The Morgan fingerprint density at radius 1 is 1.53 bits per heavy atom. The summed E-state index contributed by atoms with van der Waals surface area (Å²) < 4.78 is 2.22. The van der Waals surface area contributed by atoms with Gasteiger partial charge in [0.25, 0.3) is 0 Å². The third-order valence-corrected chi connectivity index (χ3v) is 3.81. The van der Waals surface area contributed by atoms with Gasteiger partial charge in [0.15, 0.2) is 5.78 Å². The van der Waals surface area contributed by atoms with Gasteiger partial charge in [0.05, 0.1) is 15.2 Å². The van der Waals surface area contributed by atoms with E-state index in [-0.39, 0.29) is 12.3 Å². The highest BCUT2D eigenvalue weighted by atomic mass is 79.9. The quantitative estimate of drug-likeness (QED) is 0.817. The molecule has 0 saturated carbocycles. The molecule has 88 valence electrons. The van der Waals surface area contributed by atoms with Gasteiger partial charge in [-0.3, -0.25) is 9.36 Å². The Balaban J connectivity index is 2.24. The summed E-state index contributed by atoms with van der Waals surface area (Å²) in [4.78, 5) is 27.6. The van der Waals surface area contributed by atoms with Crippen LogP contribution < -0.4 is 5.69 Å². The molecule has 2 heterocycles. The van der Waals surface area contributed by atoms with Crippen LogP contribution in [0.15, 0.2) is 33.1 Å². The average molecular weight is 313 g/mol. The molecule has 0 aliphatic carbocycles. The van der Waals surface area contributed by atoms with Gasteiger partial charge in [0.1, 0.15) is 0 Å². The Hall–Kier alpha value is -1.27. The van der Waals surface area contributed by atoms with Crippen molar-refractivity contribution < 1.29 is 4.79 Å². The van der Waals surface area contributed by atoms with E-state index in [0.717, 1.165) is 9.35 Å². The Morgan fingerprint density at radius 2 is 2.29 bits per heavy atom. The average Bonchev–Trinajstić information content (AvgIpc) is 2.70. The lowest BCUT2D eigenvalue weighted by Crippen LogP contribution is -2.25. The number of ketones is 1. The molecule has 17 heavy (non-hydrogen) atoms. The fraction of sp³-hybridized carbons (Fsp3) is 0.182. The molecule has 0 spiro atoms. The number of aromatic nitrogens is 2. The molecule has 0 atom stereocenters. The summed E-state index contributed by atoms with van der Waals surface area (Å²) in [6.45, 7) is 1.86. The Bertz CT molecular complexity index is 618. The smallest absolute Gasteiger partial charge is 0.291 e. The molecule has 0 aromatic carbocycles. The second-order valence-corrected chi connectivity index (χ2v) is 6.03. The molecule has 0 aliphatic heterocycles. The van der Waals surface area contributed by atoms with Gasteiger partial charge in [0.2, 0.25) is 0 Å². The predicted molar refractivity (Wildman–Crippen MR) is 69.6 cm³/mol. The first-order valence-electron chi connectivity index (χ1n) is 4.88. The third-order valence-electron chi connectivity index (χ3n) is 2.15. The summed E-state index contributed by atoms with van der Waals surface area (Å²) in [5, 5.41) is 0. The third kappa shape index (κ3) is 2.89. The maximum absolute atomic E-state index is 11.9. The molecule has 4 nitrogen and oxygen atoms in total. The van der Waals surface area contributed by atoms with E-state index >= 15 is 0 Å². The molecule has 0 bridgehead atoms. The van der Waals surface area contributed by atoms with E-state index in [9.17, 15) is 9.59 Å². The van der Waals surface area contributed by atoms with Gasteiger partial charge < -0.3 is 0 Å². The van der Waals surface area contributed by atoms with Crippen LogP contribution in [0.25, 0.3) is 0 Å². The highest BCUT2D eigenvalue weighted by Crippen LogP contribution is 2.22. The van der Waals surface area contributed by atoms with E-state index in [1.165, 1.54) is 22.1 Å². The zero-order valence-corrected chi connectivity index (χ0v) is 11.4.